The number of hydrogen-bond acceptors (Lipinski definition) is 2. The van der Waals surface area contributed by atoms with Crippen LogP contribution in [0.4, 0.5) is 5.69 Å². The minimum atomic E-state index is -0.244. The van der Waals surface area contributed by atoms with Gasteiger partial charge in [-0.3, -0.25) is 9.59 Å². The molecule has 23 heavy (non-hydrogen) atoms. The third-order valence-corrected chi connectivity index (χ3v) is 4.14. The summed E-state index contributed by atoms with van der Waals surface area (Å²) < 4.78 is 1.65. The van der Waals surface area contributed by atoms with Gasteiger partial charge in [0.25, 0.3) is 11.5 Å². The van der Waals surface area contributed by atoms with Crippen LogP contribution in [0.5, 0.6) is 0 Å². The van der Waals surface area contributed by atoms with Gasteiger partial charge in [-0.25, -0.2) is 0 Å². The van der Waals surface area contributed by atoms with Crippen LogP contribution in [-0.2, 0) is 0 Å². The van der Waals surface area contributed by atoms with Gasteiger partial charge in [-0.15, -0.1) is 0 Å². The van der Waals surface area contributed by atoms with Gasteiger partial charge < -0.3 is 9.88 Å². The highest BCUT2D eigenvalue weighted by Gasteiger charge is 2.29. The Morgan fingerprint density at radius 2 is 1.70 bits per heavy atom. The third-order valence-electron chi connectivity index (χ3n) is 4.14. The molecule has 4 rings (SSSR count). The summed E-state index contributed by atoms with van der Waals surface area (Å²) in [5, 5.41) is 4.34. The molecule has 1 amide bonds. The maximum absolute atomic E-state index is 12.8. The number of nitrogens with one attached hydrogen (secondary N) is 1. The third kappa shape index (κ3) is 2.52. The topological polar surface area (TPSA) is 51.1 Å². The molecule has 1 N–H and O–H groups in total. The summed E-state index contributed by atoms with van der Waals surface area (Å²) in [4.78, 5) is 25.5. The van der Waals surface area contributed by atoms with Gasteiger partial charge in [0, 0.05) is 17.1 Å². The van der Waals surface area contributed by atoms with Crippen LogP contribution in [0, 0.1) is 0 Å². The number of carbonyl (C=O) groups is 1. The number of para-hydroxylation sites is 1. The molecule has 0 radical (unpaired) electrons. The molecule has 114 valence electrons. The van der Waals surface area contributed by atoms with E-state index in [0.29, 0.717) is 11.1 Å². The highest BCUT2D eigenvalue weighted by atomic mass is 16.2. The Hall–Kier alpha value is -2.88. The number of fused-ring (bicyclic) bond motifs is 1. The van der Waals surface area contributed by atoms with E-state index in [-0.39, 0.29) is 17.5 Å². The van der Waals surface area contributed by atoms with Crippen LogP contribution in [0.3, 0.4) is 0 Å². The van der Waals surface area contributed by atoms with Crippen LogP contribution in [0.25, 0.3) is 10.8 Å². The predicted octanol–water partition coefficient (Wildman–Crippen LogP) is 3.59. The second-order valence-corrected chi connectivity index (χ2v) is 5.84. The van der Waals surface area contributed by atoms with Crippen molar-refractivity contribution in [1.29, 1.82) is 0 Å². The number of rotatable bonds is 3. The molecule has 0 aliphatic heterocycles. The van der Waals surface area contributed by atoms with Gasteiger partial charge in [-0.2, -0.15) is 0 Å². The van der Waals surface area contributed by atoms with Gasteiger partial charge in [-0.05, 0) is 42.5 Å². The fourth-order valence-electron chi connectivity index (χ4n) is 2.86. The molecule has 0 saturated heterocycles. The molecule has 1 fully saturated rings. The standard InChI is InChI=1S/C19H16N2O2/c22-18(20-14-7-2-1-3-8-14)17-12-13-6-4-5-9-16(13)19(23)21(17)15-10-11-15/h1-9,12,15H,10-11H2,(H,20,22). The van der Waals surface area contributed by atoms with E-state index in [1.165, 1.54) is 0 Å². The second kappa shape index (κ2) is 5.39. The number of pyridine rings is 1. The van der Waals surface area contributed by atoms with Gasteiger partial charge in [0.1, 0.15) is 5.69 Å². The average Bonchev–Trinajstić information content (AvgIpc) is 3.40. The Bertz CT molecular complexity index is 940. The van der Waals surface area contributed by atoms with Crippen LogP contribution >= 0.6 is 0 Å². The van der Waals surface area contributed by atoms with Crippen molar-refractivity contribution in [2.24, 2.45) is 0 Å². The largest absolute Gasteiger partial charge is 0.321 e. The number of nitrogens with zero attached hydrogens (tertiary/aromatic N) is 1. The van der Waals surface area contributed by atoms with Crippen LogP contribution in [0.2, 0.25) is 0 Å². The number of amides is 1. The molecule has 0 unspecified atom stereocenters. The lowest BCUT2D eigenvalue weighted by molar-refractivity contribution is 0.101. The molecule has 1 aromatic heterocycles. The first-order valence-corrected chi connectivity index (χ1v) is 7.75. The van der Waals surface area contributed by atoms with E-state index in [2.05, 4.69) is 5.32 Å². The summed E-state index contributed by atoms with van der Waals surface area (Å²) in [6.07, 6.45) is 1.90. The van der Waals surface area contributed by atoms with Gasteiger partial charge in [0.05, 0.1) is 0 Å². The Morgan fingerprint density at radius 3 is 2.43 bits per heavy atom. The van der Waals surface area contributed by atoms with Crippen molar-refractivity contribution in [2.45, 2.75) is 18.9 Å². The van der Waals surface area contributed by atoms with Crippen molar-refractivity contribution in [3.05, 3.63) is 76.7 Å². The summed E-state index contributed by atoms with van der Waals surface area (Å²) >= 11 is 0. The minimum Gasteiger partial charge on any atom is -0.321 e. The highest BCUT2D eigenvalue weighted by Crippen LogP contribution is 2.35. The lowest BCUT2D eigenvalue weighted by atomic mass is 10.1. The minimum absolute atomic E-state index is 0.0798. The highest BCUT2D eigenvalue weighted by molar-refractivity contribution is 6.05. The Labute approximate surface area is 133 Å². The lowest BCUT2D eigenvalue weighted by Gasteiger charge is -2.14. The number of anilines is 1. The zero-order chi connectivity index (χ0) is 15.8. The molecule has 4 nitrogen and oxygen atoms in total. The molecular formula is C19H16N2O2. The summed E-state index contributed by atoms with van der Waals surface area (Å²) in [6, 6.07) is 18.7. The van der Waals surface area contributed by atoms with E-state index in [1.54, 1.807) is 4.57 Å². The van der Waals surface area contributed by atoms with Gasteiger partial charge in [-0.1, -0.05) is 36.4 Å². The van der Waals surface area contributed by atoms with E-state index in [4.69, 9.17) is 0 Å². The second-order valence-electron chi connectivity index (χ2n) is 5.84. The maximum atomic E-state index is 12.8. The molecule has 4 heteroatoms. The molecule has 0 atom stereocenters. The molecule has 1 heterocycles. The van der Waals surface area contributed by atoms with E-state index in [1.807, 2.05) is 60.7 Å². The Balaban J connectivity index is 1.83. The molecule has 0 bridgehead atoms. The van der Waals surface area contributed by atoms with Crippen molar-refractivity contribution < 1.29 is 4.79 Å². The summed E-state index contributed by atoms with van der Waals surface area (Å²) in [5.41, 5.74) is 1.07. The van der Waals surface area contributed by atoms with Crippen molar-refractivity contribution in [2.75, 3.05) is 5.32 Å². The summed E-state index contributed by atoms with van der Waals surface area (Å²) in [5.74, 6) is -0.244. The fourth-order valence-corrected chi connectivity index (χ4v) is 2.86. The SMILES string of the molecule is O=C(Nc1ccccc1)c1cc2ccccc2c(=O)n1C1CC1. The first-order chi connectivity index (χ1) is 11.2. The zero-order valence-electron chi connectivity index (χ0n) is 12.5. The van der Waals surface area contributed by atoms with Gasteiger partial charge in [0.15, 0.2) is 0 Å². The molecule has 1 aliphatic carbocycles. The van der Waals surface area contributed by atoms with Crippen molar-refractivity contribution in [1.82, 2.24) is 4.57 Å². The van der Waals surface area contributed by atoms with E-state index < -0.39 is 0 Å². The monoisotopic (exact) mass is 304 g/mol. The Morgan fingerprint density at radius 1 is 1.00 bits per heavy atom. The van der Waals surface area contributed by atoms with Gasteiger partial charge >= 0.3 is 0 Å². The first-order valence-electron chi connectivity index (χ1n) is 7.75. The van der Waals surface area contributed by atoms with Crippen LogP contribution in [-0.4, -0.2) is 10.5 Å². The average molecular weight is 304 g/mol. The number of carbonyl (C=O) groups excluding carboxylic acids is 1. The normalized spacial score (nSPS) is 13.9. The lowest BCUT2D eigenvalue weighted by Crippen LogP contribution is -2.28. The van der Waals surface area contributed by atoms with E-state index in [9.17, 15) is 9.59 Å². The number of aromatic nitrogens is 1. The van der Waals surface area contributed by atoms with Crippen molar-refractivity contribution in [3.63, 3.8) is 0 Å². The first kappa shape index (κ1) is 13.8. The van der Waals surface area contributed by atoms with Crippen LogP contribution in [0.15, 0.2) is 65.5 Å². The van der Waals surface area contributed by atoms with E-state index in [0.717, 1.165) is 23.9 Å². The molecule has 2 aromatic carbocycles. The molecule has 1 aliphatic rings. The molecule has 1 saturated carbocycles. The van der Waals surface area contributed by atoms with Crippen molar-refractivity contribution >= 4 is 22.4 Å². The zero-order valence-corrected chi connectivity index (χ0v) is 12.5. The Kier molecular flexibility index (Phi) is 3.23. The number of benzene rings is 2. The molecule has 0 spiro atoms. The van der Waals surface area contributed by atoms with Crippen molar-refractivity contribution in [3.8, 4) is 0 Å². The quantitative estimate of drug-likeness (QED) is 0.804. The van der Waals surface area contributed by atoms with Crippen LogP contribution in [0.1, 0.15) is 29.4 Å². The van der Waals surface area contributed by atoms with Crippen LogP contribution < -0.4 is 10.9 Å². The smallest absolute Gasteiger partial charge is 0.272 e. The summed E-state index contributed by atoms with van der Waals surface area (Å²) in [7, 11) is 0. The molecule has 3 aromatic rings. The van der Waals surface area contributed by atoms with E-state index >= 15 is 0 Å². The number of hydrogen-bond donors (Lipinski definition) is 1. The van der Waals surface area contributed by atoms with Gasteiger partial charge in [0.2, 0.25) is 0 Å². The predicted molar refractivity (Wildman–Crippen MR) is 90.9 cm³/mol. The maximum Gasteiger partial charge on any atom is 0.272 e. The fraction of sp³-hybridized carbons (Fsp3) is 0.158. The summed E-state index contributed by atoms with van der Waals surface area (Å²) in [6.45, 7) is 0. The molecular weight excluding hydrogens is 288 g/mol.